The van der Waals surface area contributed by atoms with Gasteiger partial charge in [-0.3, -0.25) is 14.0 Å². The molecule has 4 aromatic rings. The number of nitrogens with zero attached hydrogens (tertiary/aromatic N) is 3. The van der Waals surface area contributed by atoms with Crippen LogP contribution in [-0.4, -0.2) is 40.3 Å². The summed E-state index contributed by atoms with van der Waals surface area (Å²) in [4.78, 5) is 15.6. The van der Waals surface area contributed by atoms with Crippen LogP contribution in [0.3, 0.4) is 0 Å². The van der Waals surface area contributed by atoms with Crippen molar-refractivity contribution in [2.24, 2.45) is 5.92 Å². The van der Waals surface area contributed by atoms with Crippen molar-refractivity contribution in [3.8, 4) is 28.6 Å². The standard InChI is InChI=1S/C32H33N3O3/c36-32-34(20-21-35(32)28-12-16-31(17-13-28)38-30-8-2-1-3-9-30)27-10-14-29(15-11-27)37-23-22-33-19-18-25-6-4-5-7-26(25)24-33/h1-3,7-17,20-21,25H,4-6,18-19,22-24H2/t25-/m0/s1. The minimum atomic E-state index is -0.129. The average molecular weight is 508 g/mol. The average Bonchev–Trinajstić information content (AvgIpc) is 3.35. The van der Waals surface area contributed by atoms with Gasteiger partial charge >= 0.3 is 5.69 Å². The van der Waals surface area contributed by atoms with Gasteiger partial charge in [0.2, 0.25) is 0 Å². The molecule has 1 fully saturated rings. The highest BCUT2D eigenvalue weighted by molar-refractivity contribution is 5.41. The van der Waals surface area contributed by atoms with E-state index in [0.29, 0.717) is 6.61 Å². The molecule has 0 spiro atoms. The first-order valence-electron chi connectivity index (χ1n) is 13.5. The number of para-hydroxylation sites is 1. The van der Waals surface area contributed by atoms with Gasteiger partial charge in [-0.2, -0.15) is 0 Å². The first-order valence-corrected chi connectivity index (χ1v) is 13.5. The second-order valence-electron chi connectivity index (χ2n) is 10.0. The topological polar surface area (TPSA) is 48.6 Å². The van der Waals surface area contributed by atoms with Crippen molar-refractivity contribution >= 4 is 0 Å². The molecular weight excluding hydrogens is 474 g/mol. The van der Waals surface area contributed by atoms with Gasteiger partial charge in [0, 0.05) is 25.5 Å². The van der Waals surface area contributed by atoms with Crippen molar-refractivity contribution in [1.82, 2.24) is 14.0 Å². The minimum Gasteiger partial charge on any atom is -0.492 e. The summed E-state index contributed by atoms with van der Waals surface area (Å²) in [6.45, 7) is 3.85. The Labute approximate surface area is 223 Å². The lowest BCUT2D eigenvalue weighted by molar-refractivity contribution is 0.182. The zero-order valence-electron chi connectivity index (χ0n) is 21.5. The molecule has 0 bridgehead atoms. The van der Waals surface area contributed by atoms with E-state index in [1.807, 2.05) is 78.9 Å². The molecule has 6 rings (SSSR count). The normalized spacial score (nSPS) is 17.5. The third kappa shape index (κ3) is 5.46. The number of piperidine rings is 1. The van der Waals surface area contributed by atoms with Crippen LogP contribution in [0.25, 0.3) is 11.4 Å². The molecule has 194 valence electrons. The molecule has 6 heteroatoms. The Morgan fingerprint density at radius 1 is 0.763 bits per heavy atom. The van der Waals surface area contributed by atoms with Gasteiger partial charge in [-0.15, -0.1) is 0 Å². The van der Waals surface area contributed by atoms with Gasteiger partial charge in [-0.1, -0.05) is 29.8 Å². The van der Waals surface area contributed by atoms with Crippen LogP contribution in [0.1, 0.15) is 25.7 Å². The van der Waals surface area contributed by atoms with Gasteiger partial charge in [-0.25, -0.2) is 4.79 Å². The smallest absolute Gasteiger partial charge is 0.337 e. The van der Waals surface area contributed by atoms with Gasteiger partial charge < -0.3 is 9.47 Å². The Bertz CT molecular complexity index is 1440. The van der Waals surface area contributed by atoms with Crippen molar-refractivity contribution in [2.45, 2.75) is 25.7 Å². The Balaban J connectivity index is 1.05. The molecule has 38 heavy (non-hydrogen) atoms. The number of imidazole rings is 1. The number of hydrogen-bond acceptors (Lipinski definition) is 4. The summed E-state index contributed by atoms with van der Waals surface area (Å²) in [5, 5.41) is 0. The van der Waals surface area contributed by atoms with E-state index in [1.165, 1.54) is 25.7 Å². The fourth-order valence-electron chi connectivity index (χ4n) is 5.46. The third-order valence-corrected chi connectivity index (χ3v) is 7.55. The molecule has 1 aliphatic heterocycles. The highest BCUT2D eigenvalue weighted by Gasteiger charge is 2.25. The van der Waals surface area contributed by atoms with Crippen LogP contribution >= 0.6 is 0 Å². The van der Waals surface area contributed by atoms with E-state index in [-0.39, 0.29) is 5.69 Å². The number of benzene rings is 3. The molecule has 2 aliphatic rings. The fraction of sp³-hybridized carbons (Fsp3) is 0.281. The molecule has 0 N–H and O–H groups in total. The lowest BCUT2D eigenvalue weighted by atomic mass is 9.82. The van der Waals surface area contributed by atoms with Crippen molar-refractivity contribution in [1.29, 1.82) is 0 Å². The van der Waals surface area contributed by atoms with Crippen LogP contribution in [0.2, 0.25) is 0 Å². The number of ether oxygens (including phenoxy) is 2. The van der Waals surface area contributed by atoms with E-state index in [9.17, 15) is 4.79 Å². The Morgan fingerprint density at radius 3 is 2.13 bits per heavy atom. The predicted molar refractivity (Wildman–Crippen MR) is 150 cm³/mol. The predicted octanol–water partition coefficient (Wildman–Crippen LogP) is 6.23. The van der Waals surface area contributed by atoms with Gasteiger partial charge in [0.25, 0.3) is 0 Å². The number of rotatable bonds is 8. The van der Waals surface area contributed by atoms with Crippen molar-refractivity contribution < 1.29 is 9.47 Å². The highest BCUT2D eigenvalue weighted by Crippen LogP contribution is 2.31. The second-order valence-corrected chi connectivity index (χ2v) is 10.0. The number of aromatic nitrogens is 2. The monoisotopic (exact) mass is 507 g/mol. The van der Waals surface area contributed by atoms with Crippen LogP contribution in [-0.2, 0) is 0 Å². The van der Waals surface area contributed by atoms with Crippen LogP contribution in [0.15, 0.2) is 108 Å². The van der Waals surface area contributed by atoms with Gasteiger partial charge in [0.15, 0.2) is 0 Å². The lowest BCUT2D eigenvalue weighted by Gasteiger charge is -2.36. The third-order valence-electron chi connectivity index (χ3n) is 7.55. The van der Waals surface area contributed by atoms with E-state index >= 15 is 0 Å². The van der Waals surface area contributed by atoms with E-state index in [1.54, 1.807) is 27.1 Å². The molecule has 1 saturated heterocycles. The van der Waals surface area contributed by atoms with Crippen molar-refractivity contribution in [3.63, 3.8) is 0 Å². The molecule has 1 aliphatic carbocycles. The first-order chi connectivity index (χ1) is 18.7. The second kappa shape index (κ2) is 11.2. The molecule has 2 heterocycles. The number of fused-ring (bicyclic) bond motifs is 1. The molecular formula is C32H33N3O3. The first kappa shape index (κ1) is 24.3. The molecule has 0 amide bonds. The maximum absolute atomic E-state index is 13.1. The molecule has 1 aromatic heterocycles. The summed E-state index contributed by atoms with van der Waals surface area (Å²) in [5.74, 6) is 3.14. The Hall–Kier alpha value is -4.03. The number of likely N-dealkylation sites (tertiary alicyclic amines) is 1. The number of hydrogen-bond donors (Lipinski definition) is 0. The summed E-state index contributed by atoms with van der Waals surface area (Å²) in [6.07, 6.45) is 11.3. The number of allylic oxidation sites excluding steroid dienone is 1. The van der Waals surface area contributed by atoms with Crippen molar-refractivity contribution in [3.05, 3.63) is 113 Å². The SMILES string of the molecule is O=c1n(-c2ccc(OCCN3CC[C@@H]4CCCC=C4C3)cc2)ccn1-c1ccc(Oc2ccccc2)cc1. The zero-order chi connectivity index (χ0) is 25.7. The van der Waals surface area contributed by atoms with E-state index in [4.69, 9.17) is 9.47 Å². The zero-order valence-corrected chi connectivity index (χ0v) is 21.5. The minimum absolute atomic E-state index is 0.129. The maximum Gasteiger partial charge on any atom is 0.337 e. The highest BCUT2D eigenvalue weighted by atomic mass is 16.5. The van der Waals surface area contributed by atoms with E-state index < -0.39 is 0 Å². The van der Waals surface area contributed by atoms with Gasteiger partial charge in [0.05, 0.1) is 11.4 Å². The van der Waals surface area contributed by atoms with Crippen molar-refractivity contribution in [2.75, 3.05) is 26.2 Å². The summed E-state index contributed by atoms with van der Waals surface area (Å²) in [6, 6.07) is 24.9. The summed E-state index contributed by atoms with van der Waals surface area (Å²) in [5.41, 5.74) is 3.09. The Morgan fingerprint density at radius 2 is 1.42 bits per heavy atom. The summed E-state index contributed by atoms with van der Waals surface area (Å²) < 4.78 is 15.2. The van der Waals surface area contributed by atoms with Crippen LogP contribution < -0.4 is 15.2 Å². The van der Waals surface area contributed by atoms with Crippen LogP contribution in [0.4, 0.5) is 0 Å². The molecule has 1 atom stereocenters. The lowest BCUT2D eigenvalue weighted by Crippen LogP contribution is -2.38. The van der Waals surface area contributed by atoms with Gasteiger partial charge in [-0.05, 0) is 98.8 Å². The van der Waals surface area contributed by atoms with Gasteiger partial charge in [0.1, 0.15) is 23.9 Å². The molecule has 0 saturated carbocycles. The largest absolute Gasteiger partial charge is 0.492 e. The summed E-state index contributed by atoms with van der Waals surface area (Å²) >= 11 is 0. The van der Waals surface area contributed by atoms with Crippen LogP contribution in [0.5, 0.6) is 17.2 Å². The molecule has 0 radical (unpaired) electrons. The maximum atomic E-state index is 13.1. The molecule has 0 unspecified atom stereocenters. The Kier molecular flexibility index (Phi) is 7.14. The molecule has 3 aromatic carbocycles. The van der Waals surface area contributed by atoms with E-state index in [2.05, 4.69) is 11.0 Å². The van der Waals surface area contributed by atoms with E-state index in [0.717, 1.165) is 54.2 Å². The molecule has 6 nitrogen and oxygen atoms in total. The summed E-state index contributed by atoms with van der Waals surface area (Å²) in [7, 11) is 0. The fourth-order valence-corrected chi connectivity index (χ4v) is 5.46. The van der Waals surface area contributed by atoms with Crippen LogP contribution in [0, 0.1) is 5.92 Å². The quantitative estimate of drug-likeness (QED) is 0.265.